The average Bonchev–Trinajstić information content (AvgIpc) is 3.02. The minimum absolute atomic E-state index is 0.0207. The van der Waals surface area contributed by atoms with Gasteiger partial charge < -0.3 is 5.11 Å². The molecule has 2 aromatic heterocycles. The fourth-order valence-electron chi connectivity index (χ4n) is 2.49. The van der Waals surface area contributed by atoms with Gasteiger partial charge in [-0.25, -0.2) is 13.2 Å². The third-order valence-corrected chi connectivity index (χ3v) is 6.24. The third kappa shape index (κ3) is 2.32. The number of aryl methyl sites for hydroxylation is 2. The van der Waals surface area contributed by atoms with Crippen molar-refractivity contribution in [3.63, 3.8) is 0 Å². The quantitative estimate of drug-likeness (QED) is 0.792. The largest absolute Gasteiger partial charge is 0.478 e. The number of carboxylic acid groups (broad SMARTS) is 1. The van der Waals surface area contributed by atoms with E-state index in [2.05, 4.69) is 14.9 Å². The van der Waals surface area contributed by atoms with E-state index >= 15 is 0 Å². The van der Waals surface area contributed by atoms with Crippen LogP contribution in [0.5, 0.6) is 0 Å². The second-order valence-corrected chi connectivity index (χ2v) is 7.59. The molecule has 0 atom stereocenters. The number of carbonyl (C=O) groups is 1. The molecule has 9 heteroatoms. The maximum absolute atomic E-state index is 12.3. The molecular weight excluding hydrogens is 314 g/mol. The highest BCUT2D eigenvalue weighted by atomic mass is 32.2. The van der Waals surface area contributed by atoms with Crippen molar-refractivity contribution in [3.8, 4) is 0 Å². The first-order valence-electron chi connectivity index (χ1n) is 6.31. The summed E-state index contributed by atoms with van der Waals surface area (Å²) in [6, 6.07) is 0. The Kier molecular flexibility index (Phi) is 3.25. The molecule has 1 aliphatic carbocycles. The molecule has 0 spiro atoms. The monoisotopic (exact) mass is 327 g/mol. The lowest BCUT2D eigenvalue weighted by Gasteiger charge is -2.07. The summed E-state index contributed by atoms with van der Waals surface area (Å²) in [5.74, 6) is -1.10. The second kappa shape index (κ2) is 4.85. The van der Waals surface area contributed by atoms with Crippen molar-refractivity contribution in [1.82, 2.24) is 10.2 Å². The predicted molar refractivity (Wildman–Crippen MR) is 77.4 cm³/mol. The molecule has 0 saturated heterocycles. The van der Waals surface area contributed by atoms with Crippen LogP contribution in [0.3, 0.4) is 0 Å². The molecule has 0 amide bonds. The van der Waals surface area contributed by atoms with Gasteiger partial charge in [0.25, 0.3) is 10.0 Å². The number of anilines is 1. The van der Waals surface area contributed by atoms with E-state index < -0.39 is 16.0 Å². The molecule has 0 aliphatic heterocycles. The fourth-order valence-corrected chi connectivity index (χ4v) is 5.21. The highest BCUT2D eigenvalue weighted by Gasteiger charge is 2.29. The molecule has 3 N–H and O–H groups in total. The van der Waals surface area contributed by atoms with E-state index in [0.717, 1.165) is 23.3 Å². The number of aromatic carboxylic acids is 1. The molecule has 0 bridgehead atoms. The van der Waals surface area contributed by atoms with Crippen LogP contribution in [0.4, 0.5) is 5.00 Å². The van der Waals surface area contributed by atoms with Crippen molar-refractivity contribution >= 4 is 32.3 Å². The number of nitrogens with zero attached hydrogens (tertiary/aromatic N) is 1. The minimum atomic E-state index is -3.84. The fraction of sp³-hybridized carbons (Fsp3) is 0.333. The van der Waals surface area contributed by atoms with E-state index in [1.165, 1.54) is 17.5 Å². The lowest BCUT2D eigenvalue weighted by Crippen LogP contribution is -2.15. The van der Waals surface area contributed by atoms with Crippen molar-refractivity contribution in [3.05, 3.63) is 27.9 Å². The van der Waals surface area contributed by atoms with Gasteiger partial charge in [0, 0.05) is 4.88 Å². The number of carboxylic acids is 1. The van der Waals surface area contributed by atoms with E-state index in [9.17, 15) is 18.3 Å². The third-order valence-electron chi connectivity index (χ3n) is 3.44. The van der Waals surface area contributed by atoms with E-state index in [1.54, 1.807) is 6.92 Å². The summed E-state index contributed by atoms with van der Waals surface area (Å²) >= 11 is 1.21. The summed E-state index contributed by atoms with van der Waals surface area (Å²) in [5, 5.41) is 15.8. The molecule has 0 unspecified atom stereocenters. The summed E-state index contributed by atoms with van der Waals surface area (Å²) in [7, 11) is -3.84. The number of aromatic amines is 1. The zero-order valence-electron chi connectivity index (χ0n) is 11.1. The first-order valence-corrected chi connectivity index (χ1v) is 8.60. The number of hydrogen-bond donors (Lipinski definition) is 3. The number of aromatic nitrogens is 2. The van der Waals surface area contributed by atoms with Gasteiger partial charge in [0.2, 0.25) is 0 Å². The Morgan fingerprint density at radius 2 is 2.24 bits per heavy atom. The first kappa shape index (κ1) is 14.1. The number of rotatable bonds is 4. The van der Waals surface area contributed by atoms with E-state index in [1.807, 2.05) is 0 Å². The first-order chi connectivity index (χ1) is 9.90. The molecule has 2 heterocycles. The zero-order chi connectivity index (χ0) is 15.2. The molecule has 2 aromatic rings. The van der Waals surface area contributed by atoms with Gasteiger partial charge in [0.05, 0.1) is 17.5 Å². The van der Waals surface area contributed by atoms with Crippen LogP contribution >= 0.6 is 11.3 Å². The van der Waals surface area contributed by atoms with Gasteiger partial charge in [-0.1, -0.05) is 0 Å². The Morgan fingerprint density at radius 1 is 1.48 bits per heavy atom. The van der Waals surface area contributed by atoms with Gasteiger partial charge in [-0.2, -0.15) is 5.10 Å². The molecular formula is C12H13N3O4S2. The van der Waals surface area contributed by atoms with Crippen molar-refractivity contribution in [1.29, 1.82) is 0 Å². The smallest absolute Gasteiger partial charge is 0.339 e. The summed E-state index contributed by atoms with van der Waals surface area (Å²) in [6.07, 6.45) is 3.60. The molecule has 0 fully saturated rings. The molecule has 0 aromatic carbocycles. The minimum Gasteiger partial charge on any atom is -0.478 e. The second-order valence-electron chi connectivity index (χ2n) is 4.83. The number of nitrogens with one attached hydrogen (secondary N) is 2. The van der Waals surface area contributed by atoms with Crippen molar-refractivity contribution < 1.29 is 18.3 Å². The van der Waals surface area contributed by atoms with Crippen molar-refractivity contribution in [2.75, 3.05) is 4.72 Å². The van der Waals surface area contributed by atoms with Crippen LogP contribution in [0.25, 0.3) is 0 Å². The van der Waals surface area contributed by atoms with Crippen LogP contribution in [0.2, 0.25) is 0 Å². The molecule has 3 rings (SSSR count). The van der Waals surface area contributed by atoms with E-state index in [0.29, 0.717) is 12.1 Å². The van der Waals surface area contributed by atoms with Gasteiger partial charge in [-0.3, -0.25) is 9.82 Å². The zero-order valence-corrected chi connectivity index (χ0v) is 12.8. The van der Waals surface area contributed by atoms with Crippen LogP contribution in [0, 0.1) is 6.92 Å². The predicted octanol–water partition coefficient (Wildman–Crippen LogP) is 1.77. The van der Waals surface area contributed by atoms with Gasteiger partial charge >= 0.3 is 5.97 Å². The summed E-state index contributed by atoms with van der Waals surface area (Å²) in [5.41, 5.74) is 1.25. The number of hydrogen-bond acceptors (Lipinski definition) is 5. The van der Waals surface area contributed by atoms with Crippen molar-refractivity contribution in [2.24, 2.45) is 0 Å². The maximum atomic E-state index is 12.3. The number of sulfonamides is 1. The Bertz CT molecular complexity index is 820. The molecule has 0 radical (unpaired) electrons. The van der Waals surface area contributed by atoms with Crippen LogP contribution < -0.4 is 4.72 Å². The van der Waals surface area contributed by atoms with Crippen LogP contribution in [-0.2, 0) is 22.9 Å². The standard InChI is InChI=1S/C12H13N3O4S2/c1-6-9(5-13-14-6)21(18,19)15-11-10(12(16)17)7-3-2-4-8(7)20-11/h5,15H,2-4H2,1H3,(H,13,14)(H,16,17). The van der Waals surface area contributed by atoms with Crippen LogP contribution in [-0.4, -0.2) is 29.7 Å². The van der Waals surface area contributed by atoms with Gasteiger partial charge in [0.15, 0.2) is 0 Å². The summed E-state index contributed by atoms with van der Waals surface area (Å²) < 4.78 is 27.0. The highest BCUT2D eigenvalue weighted by Crippen LogP contribution is 2.40. The molecule has 21 heavy (non-hydrogen) atoms. The number of thiophene rings is 1. The Labute approximate surface area is 125 Å². The SMILES string of the molecule is Cc1[nH]ncc1S(=O)(=O)Nc1sc2c(c1C(=O)O)CCC2. The molecule has 112 valence electrons. The van der Waals surface area contributed by atoms with Crippen LogP contribution in [0.1, 0.15) is 32.9 Å². The van der Waals surface area contributed by atoms with Crippen LogP contribution in [0.15, 0.2) is 11.1 Å². The van der Waals surface area contributed by atoms with Gasteiger partial charge in [-0.15, -0.1) is 11.3 Å². The Morgan fingerprint density at radius 3 is 2.86 bits per heavy atom. The molecule has 1 aliphatic rings. The van der Waals surface area contributed by atoms with Gasteiger partial charge in [0.1, 0.15) is 9.90 Å². The maximum Gasteiger partial charge on any atom is 0.339 e. The Hall–Kier alpha value is -1.87. The van der Waals surface area contributed by atoms with Gasteiger partial charge in [-0.05, 0) is 31.7 Å². The number of fused-ring (bicyclic) bond motifs is 1. The topological polar surface area (TPSA) is 112 Å². The lowest BCUT2D eigenvalue weighted by atomic mass is 10.1. The summed E-state index contributed by atoms with van der Waals surface area (Å²) in [4.78, 5) is 12.4. The average molecular weight is 327 g/mol. The van der Waals surface area contributed by atoms with E-state index in [-0.39, 0.29) is 15.5 Å². The summed E-state index contributed by atoms with van der Waals surface area (Å²) in [6.45, 7) is 1.59. The van der Waals surface area contributed by atoms with E-state index in [4.69, 9.17) is 0 Å². The lowest BCUT2D eigenvalue weighted by molar-refractivity contribution is 0.0697. The normalized spacial score (nSPS) is 14.1. The van der Waals surface area contributed by atoms with Crippen molar-refractivity contribution in [2.45, 2.75) is 31.1 Å². The molecule has 7 nitrogen and oxygen atoms in total. The Balaban J connectivity index is 2.03. The number of H-pyrrole nitrogens is 1. The highest BCUT2D eigenvalue weighted by molar-refractivity contribution is 7.93. The molecule has 0 saturated carbocycles.